The molecule has 84 valence electrons. The van der Waals surface area contributed by atoms with E-state index >= 15 is 0 Å². The molecule has 0 saturated carbocycles. The topological polar surface area (TPSA) is 13.1 Å². The monoisotopic (exact) mass is 242 g/mol. The zero-order chi connectivity index (χ0) is 11.7. The van der Waals surface area contributed by atoms with E-state index in [4.69, 9.17) is 16.0 Å². The average Bonchev–Trinajstić information content (AvgIpc) is 2.78. The Morgan fingerprint density at radius 3 is 2.35 bits per heavy atom. The Morgan fingerprint density at radius 1 is 0.882 bits per heavy atom. The summed E-state index contributed by atoms with van der Waals surface area (Å²) >= 11 is 6.04. The molecule has 1 nitrogen and oxygen atoms in total. The standard InChI is InChI=1S/C15H11ClO/c16-10-13-12-8-4-5-9-14(12)17-15(13)11-6-2-1-3-7-11/h1-9H,10H2. The van der Waals surface area contributed by atoms with Crippen molar-refractivity contribution in [2.45, 2.75) is 5.88 Å². The van der Waals surface area contributed by atoms with Crippen molar-refractivity contribution in [1.29, 1.82) is 0 Å². The fourth-order valence-corrected chi connectivity index (χ4v) is 2.32. The van der Waals surface area contributed by atoms with Crippen LogP contribution in [0.2, 0.25) is 0 Å². The van der Waals surface area contributed by atoms with E-state index in [1.165, 1.54) is 0 Å². The summed E-state index contributed by atoms with van der Waals surface area (Å²) in [5, 5.41) is 1.10. The third kappa shape index (κ3) is 1.73. The minimum Gasteiger partial charge on any atom is -0.456 e. The fraction of sp³-hybridized carbons (Fsp3) is 0.0667. The number of furan rings is 1. The Kier molecular flexibility index (Phi) is 2.62. The van der Waals surface area contributed by atoms with Crippen molar-refractivity contribution in [3.8, 4) is 11.3 Å². The van der Waals surface area contributed by atoms with Crippen LogP contribution in [0.1, 0.15) is 5.56 Å². The maximum Gasteiger partial charge on any atom is 0.139 e. The lowest BCUT2D eigenvalue weighted by atomic mass is 10.1. The lowest BCUT2D eigenvalue weighted by Gasteiger charge is -1.98. The minimum atomic E-state index is 0.460. The number of benzene rings is 2. The van der Waals surface area contributed by atoms with E-state index < -0.39 is 0 Å². The van der Waals surface area contributed by atoms with Gasteiger partial charge in [-0.2, -0.15) is 0 Å². The summed E-state index contributed by atoms with van der Waals surface area (Å²) in [4.78, 5) is 0. The molecule has 17 heavy (non-hydrogen) atoms. The van der Waals surface area contributed by atoms with Gasteiger partial charge >= 0.3 is 0 Å². The molecule has 0 radical (unpaired) electrons. The predicted molar refractivity (Wildman–Crippen MR) is 71.2 cm³/mol. The van der Waals surface area contributed by atoms with Gasteiger partial charge in [-0.15, -0.1) is 11.6 Å². The van der Waals surface area contributed by atoms with Crippen molar-refractivity contribution in [3.63, 3.8) is 0 Å². The molecule has 3 aromatic rings. The third-order valence-electron chi connectivity index (χ3n) is 2.87. The highest BCUT2D eigenvalue weighted by Gasteiger charge is 2.13. The Bertz CT molecular complexity index is 640. The largest absolute Gasteiger partial charge is 0.456 e. The summed E-state index contributed by atoms with van der Waals surface area (Å²) < 4.78 is 5.89. The molecule has 2 aromatic carbocycles. The summed E-state index contributed by atoms with van der Waals surface area (Å²) in [6.07, 6.45) is 0. The van der Waals surface area contributed by atoms with Crippen molar-refractivity contribution < 1.29 is 4.42 Å². The highest BCUT2D eigenvalue weighted by Crippen LogP contribution is 2.34. The minimum absolute atomic E-state index is 0.460. The molecule has 0 spiro atoms. The molecule has 0 aliphatic heterocycles. The average molecular weight is 243 g/mol. The third-order valence-corrected chi connectivity index (χ3v) is 3.14. The molecule has 3 rings (SSSR count). The van der Waals surface area contributed by atoms with Crippen LogP contribution in [0.3, 0.4) is 0 Å². The van der Waals surface area contributed by atoms with Crippen molar-refractivity contribution >= 4 is 22.6 Å². The number of rotatable bonds is 2. The second-order valence-electron chi connectivity index (χ2n) is 3.91. The first-order chi connectivity index (χ1) is 8.40. The van der Waals surface area contributed by atoms with Crippen LogP contribution < -0.4 is 0 Å². The number of para-hydroxylation sites is 1. The van der Waals surface area contributed by atoms with Gasteiger partial charge < -0.3 is 4.42 Å². The van der Waals surface area contributed by atoms with E-state index in [-0.39, 0.29) is 0 Å². The highest BCUT2D eigenvalue weighted by molar-refractivity contribution is 6.18. The molecule has 2 heteroatoms. The van der Waals surface area contributed by atoms with Crippen molar-refractivity contribution in [3.05, 3.63) is 60.2 Å². The number of hydrogen-bond donors (Lipinski definition) is 0. The molecule has 0 bridgehead atoms. The molecule has 0 unspecified atom stereocenters. The highest BCUT2D eigenvalue weighted by atomic mass is 35.5. The molecular weight excluding hydrogens is 232 g/mol. The van der Waals surface area contributed by atoms with Crippen molar-refractivity contribution in [1.82, 2.24) is 0 Å². The van der Waals surface area contributed by atoms with Crippen LogP contribution in [0.5, 0.6) is 0 Å². The molecule has 0 amide bonds. The van der Waals surface area contributed by atoms with Gasteiger partial charge in [0.15, 0.2) is 0 Å². The van der Waals surface area contributed by atoms with Gasteiger partial charge in [0, 0.05) is 16.5 Å². The normalized spacial score (nSPS) is 10.9. The Morgan fingerprint density at radius 2 is 1.59 bits per heavy atom. The van der Waals surface area contributed by atoms with E-state index in [2.05, 4.69) is 0 Å². The lowest BCUT2D eigenvalue weighted by Crippen LogP contribution is -1.80. The van der Waals surface area contributed by atoms with Crippen LogP contribution in [0.25, 0.3) is 22.3 Å². The summed E-state index contributed by atoms with van der Waals surface area (Å²) in [6.45, 7) is 0. The van der Waals surface area contributed by atoms with Gasteiger partial charge in [-0.25, -0.2) is 0 Å². The van der Waals surface area contributed by atoms with Gasteiger partial charge in [-0.05, 0) is 6.07 Å². The van der Waals surface area contributed by atoms with E-state index in [0.717, 1.165) is 27.9 Å². The molecule has 1 aromatic heterocycles. The SMILES string of the molecule is ClCc1c(-c2ccccc2)oc2ccccc12. The first-order valence-corrected chi connectivity index (χ1v) is 6.05. The van der Waals surface area contributed by atoms with Gasteiger partial charge in [0.25, 0.3) is 0 Å². The molecule has 0 atom stereocenters. The Hall–Kier alpha value is -1.73. The van der Waals surface area contributed by atoms with E-state index in [1.807, 2.05) is 54.6 Å². The summed E-state index contributed by atoms with van der Waals surface area (Å²) in [7, 11) is 0. The van der Waals surface area contributed by atoms with E-state index in [1.54, 1.807) is 0 Å². The summed E-state index contributed by atoms with van der Waals surface area (Å²) in [5.74, 6) is 1.34. The zero-order valence-electron chi connectivity index (χ0n) is 9.19. The molecule has 0 saturated heterocycles. The molecule has 0 aliphatic carbocycles. The quantitative estimate of drug-likeness (QED) is 0.586. The van der Waals surface area contributed by atoms with Gasteiger partial charge in [0.05, 0.1) is 5.88 Å². The van der Waals surface area contributed by atoms with Crippen LogP contribution in [-0.4, -0.2) is 0 Å². The maximum atomic E-state index is 6.04. The van der Waals surface area contributed by atoms with E-state index in [0.29, 0.717) is 5.88 Å². The van der Waals surface area contributed by atoms with Gasteiger partial charge in [0.1, 0.15) is 11.3 Å². The first-order valence-electron chi connectivity index (χ1n) is 5.52. The molecule has 0 aliphatic rings. The number of halogens is 1. The molecule has 1 heterocycles. The number of alkyl halides is 1. The van der Waals surface area contributed by atoms with Crippen LogP contribution >= 0.6 is 11.6 Å². The number of hydrogen-bond acceptors (Lipinski definition) is 1. The van der Waals surface area contributed by atoms with Crippen LogP contribution in [0, 0.1) is 0 Å². The van der Waals surface area contributed by atoms with E-state index in [9.17, 15) is 0 Å². The fourth-order valence-electron chi connectivity index (χ4n) is 2.05. The summed E-state index contributed by atoms with van der Waals surface area (Å²) in [6, 6.07) is 18.1. The second kappa shape index (κ2) is 4.27. The lowest BCUT2D eigenvalue weighted by molar-refractivity contribution is 0.629. The van der Waals surface area contributed by atoms with Crippen LogP contribution in [-0.2, 0) is 5.88 Å². The molecule has 0 N–H and O–H groups in total. The maximum absolute atomic E-state index is 6.04. The smallest absolute Gasteiger partial charge is 0.139 e. The first kappa shape index (κ1) is 10.4. The molecule has 0 fully saturated rings. The second-order valence-corrected chi connectivity index (χ2v) is 4.17. The molecular formula is C15H11ClO. The number of fused-ring (bicyclic) bond motifs is 1. The Balaban J connectivity index is 2.30. The van der Waals surface area contributed by atoms with Crippen LogP contribution in [0.4, 0.5) is 0 Å². The Labute approximate surface area is 105 Å². The zero-order valence-corrected chi connectivity index (χ0v) is 9.95. The van der Waals surface area contributed by atoms with Gasteiger partial charge in [-0.1, -0.05) is 48.5 Å². The summed E-state index contributed by atoms with van der Waals surface area (Å²) in [5.41, 5.74) is 3.02. The van der Waals surface area contributed by atoms with Crippen molar-refractivity contribution in [2.24, 2.45) is 0 Å². The van der Waals surface area contributed by atoms with Gasteiger partial charge in [0.2, 0.25) is 0 Å². The predicted octanol–water partition coefficient (Wildman–Crippen LogP) is 4.84. The van der Waals surface area contributed by atoms with Crippen molar-refractivity contribution in [2.75, 3.05) is 0 Å². The van der Waals surface area contributed by atoms with Crippen LogP contribution in [0.15, 0.2) is 59.0 Å². The van der Waals surface area contributed by atoms with Gasteiger partial charge in [-0.3, -0.25) is 0 Å².